The lowest BCUT2D eigenvalue weighted by molar-refractivity contribution is 1.19. The molecule has 0 saturated carbocycles. The molecule has 0 unspecified atom stereocenters. The molecule has 0 fully saturated rings. The molecule has 0 amide bonds. The molecule has 0 saturated heterocycles. The van der Waals surface area contributed by atoms with Crippen LogP contribution in [0, 0.1) is 0 Å². The molecule has 0 aliphatic rings. The van der Waals surface area contributed by atoms with Crippen molar-refractivity contribution in [2.24, 2.45) is 0 Å². The number of imidazole rings is 1. The maximum absolute atomic E-state index is 5.64. The van der Waals surface area contributed by atoms with E-state index < -0.39 is 0 Å². The van der Waals surface area contributed by atoms with Crippen LogP contribution in [0.3, 0.4) is 0 Å². The fraction of sp³-hybridized carbons (Fsp3) is 0. The van der Waals surface area contributed by atoms with Gasteiger partial charge in [0.1, 0.15) is 5.65 Å². The summed E-state index contributed by atoms with van der Waals surface area (Å²) in [5.41, 5.74) is 11.5. The van der Waals surface area contributed by atoms with Gasteiger partial charge in [-0.15, -0.1) is 0 Å². The predicted octanol–water partition coefficient (Wildman–Crippen LogP) is 14.8. The third kappa shape index (κ3) is 5.36. The highest BCUT2D eigenvalue weighted by Crippen LogP contribution is 2.44. The number of hydrogen-bond acceptors (Lipinski definition) is 2. The highest BCUT2D eigenvalue weighted by molar-refractivity contribution is 6.16. The second-order valence-corrected chi connectivity index (χ2v) is 15.3. The summed E-state index contributed by atoms with van der Waals surface area (Å²) in [5, 5.41) is 12.1. The van der Waals surface area contributed by atoms with Crippen molar-refractivity contribution < 1.29 is 0 Å². The fourth-order valence-corrected chi connectivity index (χ4v) is 9.30. The van der Waals surface area contributed by atoms with Gasteiger partial charge in [0.15, 0.2) is 0 Å². The molecule has 0 bridgehead atoms. The van der Waals surface area contributed by atoms with E-state index in [0.717, 1.165) is 67.0 Å². The van der Waals surface area contributed by atoms with E-state index in [-0.39, 0.29) is 0 Å². The minimum Gasteiger partial charge on any atom is -0.299 e. The second-order valence-electron chi connectivity index (χ2n) is 15.3. The minimum atomic E-state index is 0.916. The first-order valence-electron chi connectivity index (χ1n) is 20.2. The zero-order chi connectivity index (χ0) is 38.9. The van der Waals surface area contributed by atoms with Crippen molar-refractivity contribution in [3.63, 3.8) is 0 Å². The normalized spacial score (nSPS) is 11.7. The Morgan fingerprint density at radius 1 is 0.305 bits per heavy atom. The van der Waals surface area contributed by atoms with E-state index in [9.17, 15) is 0 Å². The monoisotopic (exact) mass is 749 g/mol. The maximum Gasteiger partial charge on any atom is 0.137 e. The Bertz CT molecular complexity index is 3480. The molecule has 0 aliphatic heterocycles. The van der Waals surface area contributed by atoms with Gasteiger partial charge in [0, 0.05) is 28.5 Å². The largest absolute Gasteiger partial charge is 0.299 e. The highest BCUT2D eigenvalue weighted by Gasteiger charge is 2.21. The lowest BCUT2D eigenvalue weighted by Gasteiger charge is -2.17. The van der Waals surface area contributed by atoms with Gasteiger partial charge < -0.3 is 0 Å². The van der Waals surface area contributed by atoms with Crippen molar-refractivity contribution in [1.82, 2.24) is 14.4 Å². The Morgan fingerprint density at radius 3 is 1.44 bits per heavy atom. The maximum atomic E-state index is 5.64. The van der Waals surface area contributed by atoms with Gasteiger partial charge in [0.2, 0.25) is 0 Å². The topological polar surface area (TPSA) is 30.2 Å². The first kappa shape index (κ1) is 33.3. The summed E-state index contributed by atoms with van der Waals surface area (Å²) < 4.78 is 2.22. The molecule has 3 heteroatoms. The summed E-state index contributed by atoms with van der Waals surface area (Å²) in [6.45, 7) is 0. The number of pyridine rings is 2. The quantitative estimate of drug-likeness (QED) is 0.164. The third-order valence-electron chi connectivity index (χ3n) is 12.0. The van der Waals surface area contributed by atoms with Gasteiger partial charge in [-0.25, -0.2) is 9.97 Å². The Morgan fingerprint density at radius 2 is 0.780 bits per heavy atom. The standard InChI is InChI=1S/C56H35N3/c1-2-16-36(17-3-1)55-56(59-31-15-14-28-54(59)58-55)49-30-29-48(44-24-10-11-25-45(44)49)52-34-39(50-32-37-18-4-6-20-40(37)42-22-8-12-26-46(42)50)35-53(57-52)51-33-38-19-5-7-21-41(38)43-23-9-13-27-47(43)51/h1-35H. The SMILES string of the molecule is c1ccc(-c2nc3ccccn3c2-c2ccc(-c3cc(-c4cc5ccccc5c5ccccc45)cc(-c4cc5ccccc5c5ccccc45)n3)c3ccccc23)cc1. The van der Waals surface area contributed by atoms with Gasteiger partial charge >= 0.3 is 0 Å². The predicted molar refractivity (Wildman–Crippen MR) is 248 cm³/mol. The molecule has 0 aliphatic carbocycles. The van der Waals surface area contributed by atoms with Gasteiger partial charge in [0.25, 0.3) is 0 Å². The van der Waals surface area contributed by atoms with Crippen LogP contribution in [0.15, 0.2) is 212 Å². The van der Waals surface area contributed by atoms with Gasteiger partial charge in [-0.2, -0.15) is 0 Å². The van der Waals surface area contributed by atoms with Crippen LogP contribution in [0.4, 0.5) is 0 Å². The lowest BCUT2D eigenvalue weighted by Crippen LogP contribution is -1.96. The molecule has 3 aromatic heterocycles. The summed E-state index contributed by atoms with van der Waals surface area (Å²) in [6, 6.07) is 74.2. The number of nitrogens with zero attached hydrogens (tertiary/aromatic N) is 3. The Balaban J connectivity index is 1.15. The zero-order valence-electron chi connectivity index (χ0n) is 32.0. The van der Waals surface area contributed by atoms with E-state index >= 15 is 0 Å². The van der Waals surface area contributed by atoms with Crippen LogP contribution in [-0.2, 0) is 0 Å². The molecular weight excluding hydrogens is 715 g/mol. The lowest BCUT2D eigenvalue weighted by atomic mass is 9.89. The summed E-state index contributed by atoms with van der Waals surface area (Å²) in [7, 11) is 0. The van der Waals surface area contributed by atoms with Crippen LogP contribution >= 0.6 is 0 Å². The summed E-state index contributed by atoms with van der Waals surface area (Å²) in [4.78, 5) is 10.8. The van der Waals surface area contributed by atoms with Gasteiger partial charge in [-0.3, -0.25) is 4.40 Å². The number of fused-ring (bicyclic) bond motifs is 8. The summed E-state index contributed by atoms with van der Waals surface area (Å²) >= 11 is 0. The van der Waals surface area contributed by atoms with Crippen molar-refractivity contribution in [2.75, 3.05) is 0 Å². The van der Waals surface area contributed by atoms with Crippen LogP contribution in [0.5, 0.6) is 0 Å². The summed E-state index contributed by atoms with van der Waals surface area (Å²) in [5.74, 6) is 0. The average molecular weight is 750 g/mol. The van der Waals surface area contributed by atoms with Crippen LogP contribution < -0.4 is 0 Å². The molecule has 0 spiro atoms. The molecule has 3 heterocycles. The van der Waals surface area contributed by atoms with Crippen LogP contribution in [-0.4, -0.2) is 14.4 Å². The third-order valence-corrected chi connectivity index (χ3v) is 12.0. The molecule has 0 N–H and O–H groups in total. The summed E-state index contributed by atoms with van der Waals surface area (Å²) in [6.07, 6.45) is 2.12. The number of hydrogen-bond donors (Lipinski definition) is 0. The van der Waals surface area contributed by atoms with Crippen molar-refractivity contribution in [1.29, 1.82) is 0 Å². The average Bonchev–Trinajstić information content (AvgIpc) is 3.70. The Kier molecular flexibility index (Phi) is 7.54. The molecular formula is C56H35N3. The van der Waals surface area contributed by atoms with Crippen LogP contribution in [0.1, 0.15) is 0 Å². The molecule has 12 aromatic rings. The van der Waals surface area contributed by atoms with E-state index in [2.05, 4.69) is 217 Å². The molecule has 9 aromatic carbocycles. The van der Waals surface area contributed by atoms with Gasteiger partial charge in [-0.05, 0) is 101 Å². The molecule has 274 valence electrons. The molecule has 12 rings (SSSR count). The van der Waals surface area contributed by atoms with Gasteiger partial charge in [-0.1, -0.05) is 170 Å². The molecule has 0 radical (unpaired) electrons. The number of benzene rings is 9. The minimum absolute atomic E-state index is 0.916. The first-order valence-corrected chi connectivity index (χ1v) is 20.2. The van der Waals surface area contributed by atoms with Gasteiger partial charge in [0.05, 0.1) is 22.8 Å². The van der Waals surface area contributed by atoms with Crippen LogP contribution in [0.25, 0.3) is 116 Å². The van der Waals surface area contributed by atoms with E-state index in [1.807, 2.05) is 0 Å². The smallest absolute Gasteiger partial charge is 0.137 e. The van der Waals surface area contributed by atoms with E-state index in [4.69, 9.17) is 9.97 Å². The molecule has 3 nitrogen and oxygen atoms in total. The number of rotatable bonds is 5. The Hall–Kier alpha value is -7.88. The second kappa shape index (κ2) is 13.4. The van der Waals surface area contributed by atoms with E-state index in [1.165, 1.54) is 48.7 Å². The van der Waals surface area contributed by atoms with Crippen molar-refractivity contribution in [2.45, 2.75) is 0 Å². The first-order chi connectivity index (χ1) is 29.3. The van der Waals surface area contributed by atoms with Crippen LogP contribution in [0.2, 0.25) is 0 Å². The zero-order valence-corrected chi connectivity index (χ0v) is 32.0. The van der Waals surface area contributed by atoms with E-state index in [1.54, 1.807) is 0 Å². The van der Waals surface area contributed by atoms with E-state index in [0.29, 0.717) is 0 Å². The number of aromatic nitrogens is 3. The fourth-order valence-electron chi connectivity index (χ4n) is 9.30. The van der Waals surface area contributed by atoms with Crippen molar-refractivity contribution in [3.8, 4) is 56.2 Å². The molecule has 0 atom stereocenters. The Labute approximate surface area is 341 Å². The highest BCUT2D eigenvalue weighted by atomic mass is 15.0. The van der Waals surface area contributed by atoms with Crippen molar-refractivity contribution in [3.05, 3.63) is 212 Å². The van der Waals surface area contributed by atoms with Crippen molar-refractivity contribution >= 4 is 59.5 Å². The molecule has 59 heavy (non-hydrogen) atoms.